The zero-order valence-electron chi connectivity index (χ0n) is 5.77. The smallest absolute Gasteiger partial charge is 0.129 e. The van der Waals surface area contributed by atoms with Gasteiger partial charge in [-0.2, -0.15) is 0 Å². The van der Waals surface area contributed by atoms with Crippen molar-refractivity contribution in [2.24, 2.45) is 5.84 Å². The molecule has 0 aliphatic carbocycles. The van der Waals surface area contributed by atoms with Crippen LogP contribution in [0, 0.1) is 5.82 Å². The highest BCUT2D eigenvalue weighted by atomic mass is 19.1. The summed E-state index contributed by atoms with van der Waals surface area (Å²) in [5.74, 6) is 4.48. The zero-order chi connectivity index (χ0) is 8.27. The van der Waals surface area contributed by atoms with Gasteiger partial charge in [0.1, 0.15) is 12.5 Å². The highest BCUT2D eigenvalue weighted by molar-refractivity contribution is 5.44. The van der Waals surface area contributed by atoms with Crippen LogP contribution in [0.5, 0.6) is 0 Å². The SMILES string of the molecule is NNc1ccc(F)c(CF)c1. The summed E-state index contributed by atoms with van der Waals surface area (Å²) in [5, 5.41) is 0. The maximum Gasteiger partial charge on any atom is 0.129 e. The highest BCUT2D eigenvalue weighted by Gasteiger charge is 2.01. The molecule has 1 aromatic carbocycles. The van der Waals surface area contributed by atoms with Crippen LogP contribution in [-0.4, -0.2) is 0 Å². The number of hydrogen-bond acceptors (Lipinski definition) is 2. The van der Waals surface area contributed by atoms with Gasteiger partial charge in [0, 0.05) is 11.3 Å². The lowest BCUT2D eigenvalue weighted by atomic mass is 10.2. The van der Waals surface area contributed by atoms with Gasteiger partial charge in [0.2, 0.25) is 0 Å². The largest absolute Gasteiger partial charge is 0.324 e. The quantitative estimate of drug-likeness (QED) is 0.506. The van der Waals surface area contributed by atoms with Gasteiger partial charge in [0.15, 0.2) is 0 Å². The van der Waals surface area contributed by atoms with E-state index in [4.69, 9.17) is 5.84 Å². The van der Waals surface area contributed by atoms with Crippen LogP contribution in [0.15, 0.2) is 18.2 Å². The summed E-state index contributed by atoms with van der Waals surface area (Å²) in [4.78, 5) is 0. The number of alkyl halides is 1. The van der Waals surface area contributed by atoms with Crippen LogP contribution in [0.25, 0.3) is 0 Å². The summed E-state index contributed by atoms with van der Waals surface area (Å²) >= 11 is 0. The first-order chi connectivity index (χ1) is 5.27. The van der Waals surface area contributed by atoms with E-state index < -0.39 is 12.5 Å². The maximum absolute atomic E-state index is 12.6. The van der Waals surface area contributed by atoms with E-state index in [2.05, 4.69) is 5.43 Å². The molecule has 60 valence electrons. The predicted molar refractivity (Wildman–Crippen MR) is 39.0 cm³/mol. The molecule has 0 saturated heterocycles. The number of halogens is 2. The van der Waals surface area contributed by atoms with Crippen LogP contribution in [0.1, 0.15) is 5.56 Å². The Labute approximate surface area is 63.0 Å². The first-order valence-corrected chi connectivity index (χ1v) is 3.09. The topological polar surface area (TPSA) is 38.0 Å². The van der Waals surface area contributed by atoms with E-state index in [-0.39, 0.29) is 5.56 Å². The van der Waals surface area contributed by atoms with Gasteiger partial charge in [0.25, 0.3) is 0 Å². The summed E-state index contributed by atoms with van der Waals surface area (Å²) in [6.07, 6.45) is 0. The van der Waals surface area contributed by atoms with Gasteiger partial charge < -0.3 is 5.43 Å². The van der Waals surface area contributed by atoms with E-state index in [9.17, 15) is 8.78 Å². The minimum atomic E-state index is -0.818. The van der Waals surface area contributed by atoms with Crippen LogP contribution < -0.4 is 11.3 Å². The Morgan fingerprint density at radius 2 is 2.18 bits per heavy atom. The Kier molecular flexibility index (Phi) is 2.38. The molecular weight excluding hydrogens is 150 g/mol. The van der Waals surface area contributed by atoms with Crippen molar-refractivity contribution in [1.82, 2.24) is 0 Å². The van der Waals surface area contributed by atoms with Gasteiger partial charge in [-0.25, -0.2) is 8.78 Å². The second kappa shape index (κ2) is 3.30. The minimum absolute atomic E-state index is 0.0143. The molecule has 11 heavy (non-hydrogen) atoms. The number of hydrazine groups is 1. The van der Waals surface area contributed by atoms with Crippen molar-refractivity contribution in [3.8, 4) is 0 Å². The molecule has 1 aromatic rings. The molecule has 2 nitrogen and oxygen atoms in total. The number of rotatable bonds is 2. The van der Waals surface area contributed by atoms with Crippen molar-refractivity contribution >= 4 is 5.69 Å². The summed E-state index contributed by atoms with van der Waals surface area (Å²) in [7, 11) is 0. The molecule has 4 heteroatoms. The van der Waals surface area contributed by atoms with E-state index in [0.717, 1.165) is 0 Å². The van der Waals surface area contributed by atoms with Gasteiger partial charge in [-0.1, -0.05) is 0 Å². The highest BCUT2D eigenvalue weighted by Crippen LogP contribution is 2.14. The van der Waals surface area contributed by atoms with Crippen molar-refractivity contribution < 1.29 is 8.78 Å². The summed E-state index contributed by atoms with van der Waals surface area (Å²) in [6.45, 7) is -0.818. The minimum Gasteiger partial charge on any atom is -0.324 e. The number of nitrogens with one attached hydrogen (secondary N) is 1. The van der Waals surface area contributed by atoms with Crippen LogP contribution in [0.2, 0.25) is 0 Å². The van der Waals surface area contributed by atoms with E-state index in [1.54, 1.807) is 0 Å². The lowest BCUT2D eigenvalue weighted by molar-refractivity contribution is 0.464. The van der Waals surface area contributed by atoms with Crippen LogP contribution in [-0.2, 0) is 6.67 Å². The van der Waals surface area contributed by atoms with Crippen molar-refractivity contribution in [3.05, 3.63) is 29.6 Å². The average Bonchev–Trinajstić information content (AvgIpc) is 2.05. The number of hydrogen-bond donors (Lipinski definition) is 2. The number of benzene rings is 1. The summed E-state index contributed by atoms with van der Waals surface area (Å²) in [5.41, 5.74) is 2.81. The maximum atomic E-state index is 12.6. The number of nitrogen functional groups attached to an aromatic ring is 1. The fourth-order valence-corrected chi connectivity index (χ4v) is 0.767. The predicted octanol–water partition coefficient (Wildman–Crippen LogP) is 1.58. The molecule has 0 aromatic heterocycles. The van der Waals surface area contributed by atoms with Gasteiger partial charge in [-0.3, -0.25) is 5.84 Å². The standard InChI is InChI=1S/C7H8F2N2/c8-4-5-3-6(11-10)1-2-7(5)9/h1-3,11H,4,10H2. The van der Waals surface area contributed by atoms with Crippen molar-refractivity contribution in [2.45, 2.75) is 6.67 Å². The number of anilines is 1. The average molecular weight is 158 g/mol. The Morgan fingerprint density at radius 3 is 2.73 bits per heavy atom. The van der Waals surface area contributed by atoms with Gasteiger partial charge in [-0.15, -0.1) is 0 Å². The molecule has 0 radical (unpaired) electrons. The molecule has 0 aliphatic rings. The Balaban J connectivity index is 3.02. The molecule has 0 aliphatic heterocycles. The lowest BCUT2D eigenvalue weighted by Gasteiger charge is -2.01. The molecule has 0 unspecified atom stereocenters. The van der Waals surface area contributed by atoms with Crippen molar-refractivity contribution in [2.75, 3.05) is 5.43 Å². The van der Waals surface area contributed by atoms with E-state index in [1.165, 1.54) is 18.2 Å². The molecule has 0 bridgehead atoms. The first-order valence-electron chi connectivity index (χ1n) is 3.09. The second-order valence-corrected chi connectivity index (χ2v) is 2.08. The third-order valence-electron chi connectivity index (χ3n) is 1.36. The fraction of sp³-hybridized carbons (Fsp3) is 0.143. The normalized spacial score (nSPS) is 9.73. The molecule has 0 heterocycles. The second-order valence-electron chi connectivity index (χ2n) is 2.08. The zero-order valence-corrected chi connectivity index (χ0v) is 5.77. The van der Waals surface area contributed by atoms with E-state index in [1.807, 2.05) is 0 Å². The molecular formula is C7H8F2N2. The lowest BCUT2D eigenvalue weighted by Crippen LogP contribution is -2.07. The van der Waals surface area contributed by atoms with Crippen LogP contribution in [0.3, 0.4) is 0 Å². The molecule has 0 saturated carbocycles. The van der Waals surface area contributed by atoms with E-state index in [0.29, 0.717) is 5.69 Å². The molecule has 0 fully saturated rings. The Hall–Kier alpha value is -1.16. The van der Waals surface area contributed by atoms with Crippen molar-refractivity contribution in [1.29, 1.82) is 0 Å². The summed E-state index contributed by atoms with van der Waals surface area (Å²) < 4.78 is 24.6. The molecule has 0 atom stereocenters. The van der Waals surface area contributed by atoms with Crippen LogP contribution in [0.4, 0.5) is 14.5 Å². The number of nitrogens with two attached hydrogens (primary N) is 1. The van der Waals surface area contributed by atoms with Gasteiger partial charge >= 0.3 is 0 Å². The monoisotopic (exact) mass is 158 g/mol. The van der Waals surface area contributed by atoms with Crippen LogP contribution >= 0.6 is 0 Å². The third-order valence-corrected chi connectivity index (χ3v) is 1.36. The van der Waals surface area contributed by atoms with Gasteiger partial charge in [-0.05, 0) is 18.2 Å². The molecule has 0 spiro atoms. The molecule has 1 rings (SSSR count). The fourth-order valence-electron chi connectivity index (χ4n) is 0.767. The molecule has 3 N–H and O–H groups in total. The van der Waals surface area contributed by atoms with Crippen molar-refractivity contribution in [3.63, 3.8) is 0 Å². The Morgan fingerprint density at radius 1 is 1.45 bits per heavy atom. The third kappa shape index (κ3) is 1.65. The van der Waals surface area contributed by atoms with E-state index >= 15 is 0 Å². The molecule has 0 amide bonds. The summed E-state index contributed by atoms with van der Waals surface area (Å²) in [6, 6.07) is 3.94. The first kappa shape index (κ1) is 7.94. The Bertz CT molecular complexity index is 250. The van der Waals surface area contributed by atoms with Gasteiger partial charge in [0.05, 0.1) is 0 Å².